The molecule has 0 saturated carbocycles. The van der Waals surface area contributed by atoms with E-state index in [2.05, 4.69) is 10.3 Å². The summed E-state index contributed by atoms with van der Waals surface area (Å²) in [6.45, 7) is 5.04. The van der Waals surface area contributed by atoms with Gasteiger partial charge in [-0.2, -0.15) is 0 Å². The molecule has 0 saturated heterocycles. The maximum absolute atomic E-state index is 12.0. The highest BCUT2D eigenvalue weighted by atomic mass is 16.5. The predicted molar refractivity (Wildman–Crippen MR) is 71.8 cm³/mol. The first kappa shape index (κ1) is 14.7. The van der Waals surface area contributed by atoms with Crippen LogP contribution in [0.1, 0.15) is 26.3 Å². The van der Waals surface area contributed by atoms with Gasteiger partial charge in [0.15, 0.2) is 5.82 Å². The van der Waals surface area contributed by atoms with Gasteiger partial charge in [-0.1, -0.05) is 0 Å². The maximum atomic E-state index is 12.0. The molecule has 6 heteroatoms. The molecule has 0 aliphatic rings. The van der Waals surface area contributed by atoms with Gasteiger partial charge < -0.3 is 20.4 Å². The minimum atomic E-state index is -0.104. The van der Waals surface area contributed by atoms with Gasteiger partial charge in [0.05, 0.1) is 6.61 Å². The number of rotatable bonds is 7. The summed E-state index contributed by atoms with van der Waals surface area (Å²) in [5.41, 5.74) is 5.69. The van der Waals surface area contributed by atoms with Crippen LogP contribution in [-0.4, -0.2) is 35.9 Å². The normalized spacial score (nSPS) is 12.7. The summed E-state index contributed by atoms with van der Waals surface area (Å²) in [7, 11) is 1.62. The lowest BCUT2D eigenvalue weighted by Crippen LogP contribution is -2.30. The van der Waals surface area contributed by atoms with Crippen molar-refractivity contribution in [2.45, 2.75) is 32.4 Å². The quantitative estimate of drug-likeness (QED) is 0.744. The summed E-state index contributed by atoms with van der Waals surface area (Å²) in [6.07, 6.45) is 4.04. The Morgan fingerprint density at radius 3 is 2.89 bits per heavy atom. The summed E-state index contributed by atoms with van der Waals surface area (Å²) in [6, 6.07) is 0.0929. The van der Waals surface area contributed by atoms with Gasteiger partial charge in [-0.05, 0) is 20.3 Å². The zero-order valence-corrected chi connectivity index (χ0v) is 11.2. The lowest BCUT2D eigenvalue weighted by atomic mass is 10.2. The second kappa shape index (κ2) is 7.13. The number of methoxy groups -OCH3 is 1. The molecule has 0 bridgehead atoms. The molecule has 0 fully saturated rings. The fraction of sp³-hybridized carbons (Fsp3) is 0.667. The van der Waals surface area contributed by atoms with E-state index in [1.54, 1.807) is 24.1 Å². The van der Waals surface area contributed by atoms with Gasteiger partial charge in [-0.25, -0.2) is 4.98 Å². The van der Waals surface area contributed by atoms with Gasteiger partial charge >= 0.3 is 0 Å². The van der Waals surface area contributed by atoms with Crippen molar-refractivity contribution in [2.24, 2.45) is 5.73 Å². The first-order chi connectivity index (χ1) is 8.56. The highest BCUT2D eigenvalue weighted by molar-refractivity contribution is 5.30. The lowest BCUT2D eigenvalue weighted by Gasteiger charge is -2.13. The second-order valence-corrected chi connectivity index (χ2v) is 4.51. The van der Waals surface area contributed by atoms with Crippen LogP contribution in [0.2, 0.25) is 0 Å². The van der Waals surface area contributed by atoms with Gasteiger partial charge in [0, 0.05) is 38.1 Å². The van der Waals surface area contributed by atoms with Crippen LogP contribution < -0.4 is 16.6 Å². The number of nitrogens with one attached hydrogen (secondary N) is 1. The van der Waals surface area contributed by atoms with E-state index in [0.717, 1.165) is 6.42 Å². The Bertz CT molecular complexity index is 417. The fourth-order valence-electron chi connectivity index (χ4n) is 1.63. The first-order valence-corrected chi connectivity index (χ1v) is 6.11. The van der Waals surface area contributed by atoms with Crippen molar-refractivity contribution in [1.29, 1.82) is 0 Å². The molecule has 0 aliphatic carbocycles. The third kappa shape index (κ3) is 4.12. The predicted octanol–water partition coefficient (Wildman–Crippen LogP) is 0.600. The molecule has 1 aromatic heterocycles. The van der Waals surface area contributed by atoms with E-state index in [4.69, 9.17) is 10.5 Å². The van der Waals surface area contributed by atoms with Crippen molar-refractivity contribution in [2.75, 3.05) is 25.6 Å². The number of nitrogens with zero attached hydrogens (tertiary/aromatic N) is 2. The van der Waals surface area contributed by atoms with E-state index in [0.29, 0.717) is 19.0 Å². The van der Waals surface area contributed by atoms with E-state index >= 15 is 0 Å². The van der Waals surface area contributed by atoms with E-state index in [1.165, 1.54) is 0 Å². The van der Waals surface area contributed by atoms with Crippen molar-refractivity contribution in [1.82, 2.24) is 9.55 Å². The molecule has 3 N–H and O–H groups in total. The molecule has 1 aromatic rings. The van der Waals surface area contributed by atoms with Crippen molar-refractivity contribution >= 4 is 5.82 Å². The lowest BCUT2D eigenvalue weighted by molar-refractivity contribution is 0.178. The molecular formula is C12H22N4O2. The van der Waals surface area contributed by atoms with Crippen molar-refractivity contribution in [3.63, 3.8) is 0 Å². The third-order valence-corrected chi connectivity index (χ3v) is 2.61. The van der Waals surface area contributed by atoms with Crippen molar-refractivity contribution in [3.05, 3.63) is 22.7 Å². The van der Waals surface area contributed by atoms with E-state index < -0.39 is 0 Å². The number of hydrogen-bond acceptors (Lipinski definition) is 5. The Balaban J connectivity index is 2.58. The minimum Gasteiger partial charge on any atom is -0.383 e. The molecule has 0 aromatic carbocycles. The summed E-state index contributed by atoms with van der Waals surface area (Å²) >= 11 is 0. The zero-order valence-electron chi connectivity index (χ0n) is 11.2. The largest absolute Gasteiger partial charge is 0.383 e. The molecule has 1 unspecified atom stereocenters. The molecule has 6 nitrogen and oxygen atoms in total. The van der Waals surface area contributed by atoms with Gasteiger partial charge in [-0.15, -0.1) is 0 Å². The van der Waals surface area contributed by atoms with Crippen LogP contribution in [0.4, 0.5) is 5.82 Å². The van der Waals surface area contributed by atoms with Crippen LogP contribution in [0, 0.1) is 0 Å². The molecule has 0 amide bonds. The van der Waals surface area contributed by atoms with E-state index in [1.807, 2.05) is 13.8 Å². The fourth-order valence-corrected chi connectivity index (χ4v) is 1.63. The van der Waals surface area contributed by atoms with E-state index in [-0.39, 0.29) is 17.6 Å². The zero-order chi connectivity index (χ0) is 13.5. The third-order valence-electron chi connectivity index (χ3n) is 2.61. The topological polar surface area (TPSA) is 82.2 Å². The Kier molecular flexibility index (Phi) is 5.80. The number of ether oxygens (including phenoxy) is 1. The molecule has 0 radical (unpaired) electrons. The summed E-state index contributed by atoms with van der Waals surface area (Å²) in [4.78, 5) is 16.0. The average molecular weight is 254 g/mol. The molecule has 0 spiro atoms. The molecular weight excluding hydrogens is 232 g/mol. The minimum absolute atomic E-state index is 0.0291. The van der Waals surface area contributed by atoms with Gasteiger partial charge in [0.2, 0.25) is 0 Å². The monoisotopic (exact) mass is 254 g/mol. The van der Waals surface area contributed by atoms with Crippen LogP contribution in [0.3, 0.4) is 0 Å². The van der Waals surface area contributed by atoms with Gasteiger partial charge in [0.1, 0.15) is 0 Å². The Morgan fingerprint density at radius 2 is 2.28 bits per heavy atom. The summed E-state index contributed by atoms with van der Waals surface area (Å²) < 4.78 is 6.59. The van der Waals surface area contributed by atoms with Crippen LogP contribution in [0.5, 0.6) is 0 Å². The molecule has 1 atom stereocenters. The average Bonchev–Trinajstić information content (AvgIpc) is 2.31. The Labute approximate surface area is 107 Å². The summed E-state index contributed by atoms with van der Waals surface area (Å²) in [5, 5.41) is 3.02. The van der Waals surface area contributed by atoms with Crippen LogP contribution in [0.15, 0.2) is 17.2 Å². The van der Waals surface area contributed by atoms with Gasteiger partial charge in [0.25, 0.3) is 5.56 Å². The van der Waals surface area contributed by atoms with Crippen LogP contribution in [0.25, 0.3) is 0 Å². The highest BCUT2D eigenvalue weighted by Crippen LogP contribution is 2.01. The molecule has 0 aliphatic heterocycles. The van der Waals surface area contributed by atoms with Crippen molar-refractivity contribution in [3.8, 4) is 0 Å². The SMILES string of the molecule is COCC(N)CCNc1nccn(C(C)C)c1=O. The maximum Gasteiger partial charge on any atom is 0.293 e. The number of hydrogen-bond donors (Lipinski definition) is 2. The molecule has 102 valence electrons. The number of nitrogens with two attached hydrogens (primary N) is 1. The Hall–Kier alpha value is -1.40. The van der Waals surface area contributed by atoms with Crippen molar-refractivity contribution < 1.29 is 4.74 Å². The highest BCUT2D eigenvalue weighted by Gasteiger charge is 2.07. The molecule has 1 heterocycles. The Morgan fingerprint density at radius 1 is 1.56 bits per heavy atom. The smallest absolute Gasteiger partial charge is 0.293 e. The van der Waals surface area contributed by atoms with E-state index in [9.17, 15) is 4.79 Å². The summed E-state index contributed by atoms with van der Waals surface area (Å²) in [5.74, 6) is 0.371. The number of anilines is 1. The van der Waals surface area contributed by atoms with Crippen LogP contribution in [-0.2, 0) is 4.74 Å². The molecule has 1 rings (SSSR count). The first-order valence-electron chi connectivity index (χ1n) is 6.11. The van der Waals surface area contributed by atoms with Crippen LogP contribution >= 0.6 is 0 Å². The molecule has 18 heavy (non-hydrogen) atoms. The number of aromatic nitrogens is 2. The standard InChI is InChI=1S/C12H22N4O2/c1-9(2)16-7-6-15-11(12(16)17)14-5-4-10(13)8-18-3/h6-7,9-10H,4-5,8,13H2,1-3H3,(H,14,15). The second-order valence-electron chi connectivity index (χ2n) is 4.51. The van der Waals surface area contributed by atoms with Gasteiger partial charge in [-0.3, -0.25) is 4.79 Å².